The third kappa shape index (κ3) is 3.55. The molecule has 1 aromatic carbocycles. The van der Waals surface area contributed by atoms with Crippen molar-refractivity contribution in [2.45, 2.75) is 52.8 Å². The van der Waals surface area contributed by atoms with Gasteiger partial charge in [0.15, 0.2) is 0 Å². The van der Waals surface area contributed by atoms with Gasteiger partial charge in [0, 0.05) is 6.54 Å². The average molecular weight is 261 g/mol. The zero-order valence-corrected chi connectivity index (χ0v) is 12.2. The zero-order chi connectivity index (χ0) is 13.9. The van der Waals surface area contributed by atoms with Gasteiger partial charge in [0.2, 0.25) is 0 Å². The largest absolute Gasteiger partial charge is 0.327 e. The van der Waals surface area contributed by atoms with Crippen LogP contribution in [0.3, 0.4) is 0 Å². The molecule has 0 saturated carbocycles. The topological polar surface area (TPSA) is 39.1 Å². The molecule has 0 unspecified atom stereocenters. The second kappa shape index (κ2) is 5.72. The molecule has 1 N–H and O–H groups in total. The van der Waals surface area contributed by atoms with Crippen LogP contribution in [0.4, 0.5) is 0 Å². The lowest BCUT2D eigenvalue weighted by atomic mass is 10.2. The van der Waals surface area contributed by atoms with Gasteiger partial charge in [-0.05, 0) is 39.3 Å². The van der Waals surface area contributed by atoms with Crippen LogP contribution in [-0.4, -0.2) is 15.2 Å². The van der Waals surface area contributed by atoms with Crippen molar-refractivity contribution in [1.29, 1.82) is 0 Å². The van der Waals surface area contributed by atoms with Gasteiger partial charge in [-0.3, -0.25) is 4.84 Å². The third-order valence-corrected chi connectivity index (χ3v) is 2.79. The molecule has 0 aliphatic heterocycles. The van der Waals surface area contributed by atoms with Crippen LogP contribution in [0.15, 0.2) is 24.3 Å². The maximum Gasteiger partial charge on any atom is 0.126 e. The number of hydrogen-bond donors (Lipinski definition) is 1. The van der Waals surface area contributed by atoms with Gasteiger partial charge in [-0.2, -0.15) is 5.48 Å². The molecule has 4 nitrogen and oxygen atoms in total. The predicted molar refractivity (Wildman–Crippen MR) is 77.7 cm³/mol. The van der Waals surface area contributed by atoms with Crippen LogP contribution in [0.2, 0.25) is 0 Å². The SMILES string of the molecule is CCCn1c(CNOC(C)(C)C)nc2ccccc21. The monoisotopic (exact) mass is 261 g/mol. The first-order valence-corrected chi connectivity index (χ1v) is 6.86. The van der Waals surface area contributed by atoms with E-state index in [4.69, 9.17) is 4.84 Å². The summed E-state index contributed by atoms with van der Waals surface area (Å²) in [7, 11) is 0. The number of imidazole rings is 1. The van der Waals surface area contributed by atoms with Crippen molar-refractivity contribution in [3.05, 3.63) is 30.1 Å². The molecular weight excluding hydrogens is 238 g/mol. The minimum Gasteiger partial charge on any atom is -0.327 e. The van der Waals surface area contributed by atoms with E-state index < -0.39 is 0 Å². The van der Waals surface area contributed by atoms with Crippen molar-refractivity contribution in [3.63, 3.8) is 0 Å². The lowest BCUT2D eigenvalue weighted by molar-refractivity contribution is -0.0767. The van der Waals surface area contributed by atoms with E-state index in [1.165, 1.54) is 5.52 Å². The van der Waals surface area contributed by atoms with Gasteiger partial charge in [0.1, 0.15) is 5.82 Å². The van der Waals surface area contributed by atoms with Crippen molar-refractivity contribution in [2.24, 2.45) is 0 Å². The number of hydrogen-bond acceptors (Lipinski definition) is 3. The average Bonchev–Trinajstić information content (AvgIpc) is 2.67. The van der Waals surface area contributed by atoms with E-state index in [1.54, 1.807) is 0 Å². The second-order valence-electron chi connectivity index (χ2n) is 5.70. The van der Waals surface area contributed by atoms with Crippen LogP contribution in [0.5, 0.6) is 0 Å². The highest BCUT2D eigenvalue weighted by molar-refractivity contribution is 5.75. The number of hydroxylamine groups is 1. The molecule has 0 fully saturated rings. The standard InChI is InChI=1S/C15H23N3O/c1-5-10-18-13-9-7-6-8-12(13)17-14(18)11-16-19-15(2,3)4/h6-9,16H,5,10-11H2,1-4H3. The summed E-state index contributed by atoms with van der Waals surface area (Å²) in [4.78, 5) is 10.2. The lowest BCUT2D eigenvalue weighted by Crippen LogP contribution is -2.29. The van der Waals surface area contributed by atoms with E-state index in [2.05, 4.69) is 40.2 Å². The Morgan fingerprint density at radius 2 is 2.00 bits per heavy atom. The molecule has 4 heteroatoms. The number of nitrogens with zero attached hydrogens (tertiary/aromatic N) is 2. The summed E-state index contributed by atoms with van der Waals surface area (Å²) in [5, 5.41) is 0. The van der Waals surface area contributed by atoms with Gasteiger partial charge >= 0.3 is 0 Å². The van der Waals surface area contributed by atoms with Crippen LogP contribution in [0.25, 0.3) is 11.0 Å². The fourth-order valence-corrected chi connectivity index (χ4v) is 2.05. The van der Waals surface area contributed by atoms with E-state index in [0.717, 1.165) is 24.3 Å². The van der Waals surface area contributed by atoms with Gasteiger partial charge in [0.05, 0.1) is 23.2 Å². The van der Waals surface area contributed by atoms with E-state index in [9.17, 15) is 0 Å². The van der Waals surface area contributed by atoms with Crippen LogP contribution < -0.4 is 5.48 Å². The number of fused-ring (bicyclic) bond motifs is 1. The van der Waals surface area contributed by atoms with Crippen molar-refractivity contribution >= 4 is 11.0 Å². The maximum absolute atomic E-state index is 5.56. The smallest absolute Gasteiger partial charge is 0.126 e. The molecule has 1 aromatic heterocycles. The molecule has 0 amide bonds. The number of rotatable bonds is 5. The Morgan fingerprint density at radius 1 is 1.26 bits per heavy atom. The summed E-state index contributed by atoms with van der Waals surface area (Å²) in [5.74, 6) is 1.02. The first kappa shape index (κ1) is 14.0. The lowest BCUT2D eigenvalue weighted by Gasteiger charge is -2.19. The zero-order valence-electron chi connectivity index (χ0n) is 12.2. The van der Waals surface area contributed by atoms with E-state index >= 15 is 0 Å². The van der Waals surface area contributed by atoms with Gasteiger partial charge in [-0.15, -0.1) is 0 Å². The van der Waals surface area contributed by atoms with Gasteiger partial charge in [0.25, 0.3) is 0 Å². The second-order valence-corrected chi connectivity index (χ2v) is 5.70. The third-order valence-electron chi connectivity index (χ3n) is 2.79. The normalized spacial score (nSPS) is 12.2. The highest BCUT2D eigenvalue weighted by Gasteiger charge is 2.13. The molecule has 0 spiro atoms. The number of benzene rings is 1. The minimum absolute atomic E-state index is 0.193. The van der Waals surface area contributed by atoms with E-state index in [1.807, 2.05) is 26.8 Å². The minimum atomic E-state index is -0.193. The fraction of sp³-hybridized carbons (Fsp3) is 0.533. The highest BCUT2D eigenvalue weighted by Crippen LogP contribution is 2.16. The molecule has 19 heavy (non-hydrogen) atoms. The fourth-order valence-electron chi connectivity index (χ4n) is 2.05. The Balaban J connectivity index is 2.19. The number of aryl methyl sites for hydroxylation is 1. The number of para-hydroxylation sites is 2. The van der Waals surface area contributed by atoms with Gasteiger partial charge in [-0.1, -0.05) is 19.1 Å². The summed E-state index contributed by atoms with van der Waals surface area (Å²) in [6, 6.07) is 8.25. The number of nitrogens with one attached hydrogen (secondary N) is 1. The maximum atomic E-state index is 5.56. The molecule has 0 radical (unpaired) electrons. The molecule has 2 aromatic rings. The Hall–Kier alpha value is -1.39. The van der Waals surface area contributed by atoms with Crippen LogP contribution in [0.1, 0.15) is 39.9 Å². The van der Waals surface area contributed by atoms with Gasteiger partial charge in [-0.25, -0.2) is 4.98 Å². The highest BCUT2D eigenvalue weighted by atomic mass is 16.7. The van der Waals surface area contributed by atoms with Crippen molar-refractivity contribution in [2.75, 3.05) is 0 Å². The molecule has 0 bridgehead atoms. The molecule has 0 saturated heterocycles. The summed E-state index contributed by atoms with van der Waals surface area (Å²) >= 11 is 0. The number of aromatic nitrogens is 2. The molecule has 104 valence electrons. The van der Waals surface area contributed by atoms with Crippen molar-refractivity contribution in [1.82, 2.24) is 15.0 Å². The molecule has 2 rings (SSSR count). The van der Waals surface area contributed by atoms with E-state index in [-0.39, 0.29) is 5.60 Å². The quantitative estimate of drug-likeness (QED) is 0.840. The van der Waals surface area contributed by atoms with Crippen molar-refractivity contribution in [3.8, 4) is 0 Å². The first-order valence-electron chi connectivity index (χ1n) is 6.86. The Bertz CT molecular complexity index is 540. The van der Waals surface area contributed by atoms with Crippen molar-refractivity contribution < 1.29 is 4.84 Å². The van der Waals surface area contributed by atoms with Crippen LogP contribution in [-0.2, 0) is 17.9 Å². The summed E-state index contributed by atoms with van der Waals surface area (Å²) in [6.07, 6.45) is 1.09. The van der Waals surface area contributed by atoms with Gasteiger partial charge < -0.3 is 4.57 Å². The Morgan fingerprint density at radius 3 is 2.68 bits per heavy atom. The summed E-state index contributed by atoms with van der Waals surface area (Å²) in [6.45, 7) is 9.84. The van der Waals surface area contributed by atoms with E-state index in [0.29, 0.717) is 6.54 Å². The molecular formula is C15H23N3O. The molecule has 0 aliphatic carbocycles. The first-order chi connectivity index (χ1) is 9.01. The van der Waals surface area contributed by atoms with Crippen LogP contribution >= 0.6 is 0 Å². The summed E-state index contributed by atoms with van der Waals surface area (Å²) in [5.41, 5.74) is 5.06. The Labute approximate surface area is 114 Å². The predicted octanol–water partition coefficient (Wildman–Crippen LogP) is 3.27. The summed E-state index contributed by atoms with van der Waals surface area (Å²) < 4.78 is 2.26. The molecule has 1 heterocycles. The molecule has 0 aliphatic rings. The Kier molecular flexibility index (Phi) is 4.22. The molecule has 0 atom stereocenters. The van der Waals surface area contributed by atoms with Crippen LogP contribution in [0, 0.1) is 0 Å².